The summed E-state index contributed by atoms with van der Waals surface area (Å²) in [5.74, 6) is -0.224. The summed E-state index contributed by atoms with van der Waals surface area (Å²) in [6, 6.07) is 21.7. The maximum absolute atomic E-state index is 12.6. The molecular formula is C21H15NO2S2. The van der Waals surface area contributed by atoms with Gasteiger partial charge in [0.2, 0.25) is 0 Å². The van der Waals surface area contributed by atoms with Gasteiger partial charge in [0.1, 0.15) is 0 Å². The van der Waals surface area contributed by atoms with Gasteiger partial charge in [-0.25, -0.2) is 0 Å². The molecule has 1 aromatic heterocycles. The number of imide groups is 1. The number of carbonyl (C=O) groups excluding carboxylic acids is 2. The molecule has 0 spiro atoms. The molecule has 0 bridgehead atoms. The molecule has 1 aliphatic heterocycles. The first-order valence-electron chi connectivity index (χ1n) is 8.14. The van der Waals surface area contributed by atoms with Crippen molar-refractivity contribution in [2.24, 2.45) is 0 Å². The fourth-order valence-electron chi connectivity index (χ4n) is 2.74. The third-order valence-electron chi connectivity index (χ3n) is 4.06. The predicted molar refractivity (Wildman–Crippen MR) is 108 cm³/mol. The van der Waals surface area contributed by atoms with Gasteiger partial charge in [0.25, 0.3) is 11.1 Å². The molecule has 4 rings (SSSR count). The van der Waals surface area contributed by atoms with Crippen molar-refractivity contribution in [1.82, 2.24) is 4.90 Å². The van der Waals surface area contributed by atoms with Crippen LogP contribution >= 0.6 is 23.1 Å². The number of benzene rings is 2. The molecule has 0 saturated carbocycles. The van der Waals surface area contributed by atoms with Crippen LogP contribution in [0.15, 0.2) is 77.0 Å². The Balaban J connectivity index is 1.54. The van der Waals surface area contributed by atoms with Gasteiger partial charge >= 0.3 is 0 Å². The van der Waals surface area contributed by atoms with E-state index in [2.05, 4.69) is 17.5 Å². The van der Waals surface area contributed by atoms with E-state index in [4.69, 9.17) is 0 Å². The van der Waals surface area contributed by atoms with Crippen LogP contribution in [-0.2, 0) is 11.3 Å². The van der Waals surface area contributed by atoms with Gasteiger partial charge < -0.3 is 0 Å². The number of hydrogen-bond donors (Lipinski definition) is 0. The first-order valence-corrected chi connectivity index (χ1v) is 9.83. The number of carbonyl (C=O) groups is 2. The smallest absolute Gasteiger partial charge is 0.268 e. The Morgan fingerprint density at radius 2 is 1.58 bits per heavy atom. The van der Waals surface area contributed by atoms with Crippen LogP contribution in [0.25, 0.3) is 17.2 Å². The van der Waals surface area contributed by atoms with Crippen molar-refractivity contribution in [2.75, 3.05) is 0 Å². The highest BCUT2D eigenvalue weighted by Gasteiger charge is 2.35. The van der Waals surface area contributed by atoms with Gasteiger partial charge in [0.05, 0.1) is 11.4 Å². The van der Waals surface area contributed by atoms with Crippen LogP contribution in [0.2, 0.25) is 0 Å². The lowest BCUT2D eigenvalue weighted by Gasteiger charge is -2.11. The number of amides is 2. The fraction of sp³-hybridized carbons (Fsp3) is 0.0476. The highest BCUT2D eigenvalue weighted by atomic mass is 32.2. The minimum atomic E-state index is -0.224. The summed E-state index contributed by atoms with van der Waals surface area (Å²) in [6.45, 7) is 0.308. The van der Waals surface area contributed by atoms with E-state index in [1.807, 2.05) is 60.7 Å². The van der Waals surface area contributed by atoms with Crippen LogP contribution in [0.1, 0.15) is 10.4 Å². The van der Waals surface area contributed by atoms with Crippen molar-refractivity contribution in [3.63, 3.8) is 0 Å². The number of rotatable bonds is 4. The van der Waals surface area contributed by atoms with Crippen LogP contribution in [0.3, 0.4) is 0 Å². The molecule has 2 amide bonds. The average molecular weight is 377 g/mol. The van der Waals surface area contributed by atoms with Crippen molar-refractivity contribution < 1.29 is 9.59 Å². The first-order chi connectivity index (χ1) is 12.7. The molecule has 3 nitrogen and oxygen atoms in total. The molecule has 2 heterocycles. The summed E-state index contributed by atoms with van der Waals surface area (Å²) in [6.07, 6.45) is 1.81. The Hall–Kier alpha value is -2.63. The second-order valence-electron chi connectivity index (χ2n) is 5.86. The normalized spacial score (nSPS) is 15.8. The van der Waals surface area contributed by atoms with Crippen molar-refractivity contribution in [1.29, 1.82) is 0 Å². The summed E-state index contributed by atoms with van der Waals surface area (Å²) in [7, 11) is 0. The Kier molecular flexibility index (Phi) is 4.73. The molecule has 128 valence electrons. The molecule has 0 aliphatic carbocycles. The van der Waals surface area contributed by atoms with E-state index in [-0.39, 0.29) is 11.1 Å². The van der Waals surface area contributed by atoms with Crippen molar-refractivity contribution in [3.05, 3.63) is 87.5 Å². The van der Waals surface area contributed by atoms with Crippen LogP contribution in [0.5, 0.6) is 0 Å². The van der Waals surface area contributed by atoms with Gasteiger partial charge in [0, 0.05) is 4.88 Å². The quantitative estimate of drug-likeness (QED) is 0.551. The predicted octanol–water partition coefficient (Wildman–Crippen LogP) is 5.65. The Morgan fingerprint density at radius 3 is 2.31 bits per heavy atom. The Morgan fingerprint density at radius 1 is 0.885 bits per heavy atom. The van der Waals surface area contributed by atoms with Crippen molar-refractivity contribution in [3.8, 4) is 11.1 Å². The summed E-state index contributed by atoms with van der Waals surface area (Å²) in [5.41, 5.74) is 3.20. The zero-order valence-corrected chi connectivity index (χ0v) is 15.4. The SMILES string of the molecule is O=C1SC(=Cc2cc(-c3ccccc3)cs2)C(=O)N1Cc1ccccc1. The molecule has 26 heavy (non-hydrogen) atoms. The third-order valence-corrected chi connectivity index (χ3v) is 5.84. The average Bonchev–Trinajstić information content (AvgIpc) is 3.24. The molecule has 0 unspecified atom stereocenters. The lowest BCUT2D eigenvalue weighted by atomic mass is 10.1. The van der Waals surface area contributed by atoms with E-state index in [1.165, 1.54) is 4.90 Å². The van der Waals surface area contributed by atoms with Gasteiger partial charge in [-0.3, -0.25) is 14.5 Å². The van der Waals surface area contributed by atoms with Crippen LogP contribution in [0, 0.1) is 0 Å². The molecule has 1 aliphatic rings. The van der Waals surface area contributed by atoms with Gasteiger partial charge in [-0.15, -0.1) is 11.3 Å². The topological polar surface area (TPSA) is 37.4 Å². The Labute approximate surface area is 160 Å². The van der Waals surface area contributed by atoms with Crippen molar-refractivity contribution in [2.45, 2.75) is 6.54 Å². The minimum absolute atomic E-state index is 0.218. The molecular weight excluding hydrogens is 362 g/mol. The number of hydrogen-bond acceptors (Lipinski definition) is 4. The lowest BCUT2D eigenvalue weighted by molar-refractivity contribution is -0.123. The molecule has 0 radical (unpaired) electrons. The second kappa shape index (κ2) is 7.32. The van der Waals surface area contributed by atoms with Gasteiger partial charge in [-0.1, -0.05) is 60.7 Å². The standard InChI is InChI=1S/C21H15NO2S2/c23-20-19(26-21(24)22(20)13-15-7-3-1-4-8-15)12-18-11-17(14-25-18)16-9-5-2-6-10-16/h1-12,14H,13H2. The second-order valence-corrected chi connectivity index (χ2v) is 7.79. The van der Waals surface area contributed by atoms with E-state index < -0.39 is 0 Å². The van der Waals surface area contributed by atoms with E-state index in [1.54, 1.807) is 11.3 Å². The van der Waals surface area contributed by atoms with Crippen LogP contribution in [0.4, 0.5) is 4.79 Å². The van der Waals surface area contributed by atoms with E-state index in [0.29, 0.717) is 11.4 Å². The number of thioether (sulfide) groups is 1. The van der Waals surface area contributed by atoms with Gasteiger partial charge in [-0.05, 0) is 46.0 Å². The highest BCUT2D eigenvalue weighted by molar-refractivity contribution is 8.18. The fourth-order valence-corrected chi connectivity index (χ4v) is 4.49. The molecule has 1 saturated heterocycles. The number of thiophene rings is 1. The summed E-state index contributed by atoms with van der Waals surface area (Å²) in [5, 5.41) is 1.85. The zero-order valence-electron chi connectivity index (χ0n) is 13.8. The summed E-state index contributed by atoms with van der Waals surface area (Å²) < 4.78 is 0. The third kappa shape index (κ3) is 3.49. The minimum Gasteiger partial charge on any atom is -0.268 e. The molecule has 0 atom stereocenters. The van der Waals surface area contributed by atoms with Crippen LogP contribution in [-0.4, -0.2) is 16.0 Å². The van der Waals surface area contributed by atoms with Gasteiger partial charge in [-0.2, -0.15) is 0 Å². The largest absolute Gasteiger partial charge is 0.293 e. The monoisotopic (exact) mass is 377 g/mol. The molecule has 2 aromatic carbocycles. The summed E-state index contributed by atoms with van der Waals surface area (Å²) in [4.78, 5) is 27.6. The first kappa shape index (κ1) is 16.8. The van der Waals surface area contributed by atoms with E-state index >= 15 is 0 Å². The Bertz CT molecular complexity index is 978. The molecule has 0 N–H and O–H groups in total. The lowest BCUT2D eigenvalue weighted by Crippen LogP contribution is -2.27. The van der Waals surface area contributed by atoms with Crippen molar-refractivity contribution >= 4 is 40.3 Å². The molecule has 5 heteroatoms. The van der Waals surface area contributed by atoms with Crippen LogP contribution < -0.4 is 0 Å². The highest BCUT2D eigenvalue weighted by Crippen LogP contribution is 2.35. The molecule has 1 fully saturated rings. The summed E-state index contributed by atoms with van der Waals surface area (Å²) >= 11 is 2.57. The molecule has 3 aromatic rings. The maximum Gasteiger partial charge on any atom is 0.293 e. The van der Waals surface area contributed by atoms with E-state index in [9.17, 15) is 9.59 Å². The number of nitrogens with zero attached hydrogens (tertiary/aromatic N) is 1. The van der Waals surface area contributed by atoms with E-state index in [0.717, 1.165) is 33.3 Å². The maximum atomic E-state index is 12.6. The van der Waals surface area contributed by atoms with Gasteiger partial charge in [0.15, 0.2) is 0 Å². The zero-order chi connectivity index (χ0) is 17.9.